The SMILES string of the molecule is Cc1cc(S(=O)(=O)NCc2cc(Br)cs2)ccc1N. The van der Waals surface area contributed by atoms with Crippen molar-refractivity contribution in [2.75, 3.05) is 5.73 Å². The number of rotatable bonds is 4. The number of nitrogens with two attached hydrogens (primary N) is 1. The van der Waals surface area contributed by atoms with Crippen molar-refractivity contribution in [1.82, 2.24) is 4.72 Å². The first-order chi connectivity index (χ1) is 8.88. The standard InChI is InChI=1S/C12H13BrN2O2S2/c1-8-4-11(2-3-12(8)14)19(16,17)15-6-10-5-9(13)7-18-10/h2-5,7,15H,6,14H2,1H3. The van der Waals surface area contributed by atoms with E-state index in [1.807, 2.05) is 11.4 Å². The van der Waals surface area contributed by atoms with Crippen LogP contribution in [0.5, 0.6) is 0 Å². The van der Waals surface area contributed by atoms with Crippen LogP contribution in [-0.2, 0) is 16.6 Å². The molecule has 102 valence electrons. The van der Waals surface area contributed by atoms with E-state index < -0.39 is 10.0 Å². The molecular weight excluding hydrogens is 348 g/mol. The van der Waals surface area contributed by atoms with Crippen molar-refractivity contribution < 1.29 is 8.42 Å². The molecule has 0 aliphatic heterocycles. The number of halogens is 1. The van der Waals surface area contributed by atoms with Gasteiger partial charge in [0.2, 0.25) is 10.0 Å². The molecule has 0 saturated heterocycles. The molecule has 0 unspecified atom stereocenters. The van der Waals surface area contributed by atoms with Gasteiger partial charge in [0.25, 0.3) is 0 Å². The Morgan fingerprint density at radius 1 is 1.37 bits per heavy atom. The first kappa shape index (κ1) is 14.5. The molecule has 1 aromatic heterocycles. The van der Waals surface area contributed by atoms with Crippen LogP contribution in [0.15, 0.2) is 39.0 Å². The molecule has 0 amide bonds. The molecule has 0 bridgehead atoms. The predicted molar refractivity (Wildman–Crippen MR) is 81.6 cm³/mol. The number of benzene rings is 1. The highest BCUT2D eigenvalue weighted by Crippen LogP contribution is 2.21. The largest absolute Gasteiger partial charge is 0.399 e. The average Bonchev–Trinajstić information content (AvgIpc) is 2.76. The molecule has 1 aromatic carbocycles. The lowest BCUT2D eigenvalue weighted by molar-refractivity contribution is 0.582. The zero-order valence-electron chi connectivity index (χ0n) is 10.2. The molecule has 0 radical (unpaired) electrons. The molecule has 2 aromatic rings. The van der Waals surface area contributed by atoms with Gasteiger partial charge in [-0.25, -0.2) is 13.1 Å². The Bertz CT molecular complexity index is 696. The summed E-state index contributed by atoms with van der Waals surface area (Å²) >= 11 is 4.83. The monoisotopic (exact) mass is 360 g/mol. The van der Waals surface area contributed by atoms with Gasteiger partial charge in [0.1, 0.15) is 0 Å². The maximum Gasteiger partial charge on any atom is 0.240 e. The Hall–Kier alpha value is -0.890. The van der Waals surface area contributed by atoms with Crippen LogP contribution in [0, 0.1) is 6.92 Å². The Labute approximate surface area is 124 Å². The fourth-order valence-corrected chi connectivity index (χ4v) is 4.08. The zero-order chi connectivity index (χ0) is 14.0. The fourth-order valence-electron chi connectivity index (χ4n) is 1.51. The van der Waals surface area contributed by atoms with Crippen LogP contribution in [0.4, 0.5) is 5.69 Å². The summed E-state index contributed by atoms with van der Waals surface area (Å²) in [5, 5.41) is 1.91. The van der Waals surface area contributed by atoms with Gasteiger partial charge in [0.15, 0.2) is 0 Å². The highest BCUT2D eigenvalue weighted by Gasteiger charge is 2.14. The molecule has 0 saturated carbocycles. The second kappa shape index (κ2) is 5.62. The second-order valence-electron chi connectivity index (χ2n) is 4.07. The highest BCUT2D eigenvalue weighted by atomic mass is 79.9. The number of sulfonamides is 1. The molecule has 7 heteroatoms. The van der Waals surface area contributed by atoms with Crippen LogP contribution >= 0.6 is 27.3 Å². The number of thiophene rings is 1. The lowest BCUT2D eigenvalue weighted by Gasteiger charge is -2.07. The van der Waals surface area contributed by atoms with Crippen molar-refractivity contribution in [3.8, 4) is 0 Å². The van der Waals surface area contributed by atoms with Gasteiger partial charge in [-0.1, -0.05) is 0 Å². The summed E-state index contributed by atoms with van der Waals surface area (Å²) in [5.74, 6) is 0. The van der Waals surface area contributed by atoms with Gasteiger partial charge in [-0.15, -0.1) is 11.3 Å². The van der Waals surface area contributed by atoms with Gasteiger partial charge in [0.05, 0.1) is 4.90 Å². The van der Waals surface area contributed by atoms with Crippen molar-refractivity contribution in [2.45, 2.75) is 18.4 Å². The Kier molecular flexibility index (Phi) is 4.29. The topological polar surface area (TPSA) is 72.2 Å². The van der Waals surface area contributed by atoms with Gasteiger partial charge in [0, 0.05) is 27.0 Å². The molecule has 0 aliphatic carbocycles. The van der Waals surface area contributed by atoms with Crippen LogP contribution < -0.4 is 10.5 Å². The number of hydrogen-bond donors (Lipinski definition) is 2. The molecule has 1 heterocycles. The number of nitrogen functional groups attached to an aromatic ring is 1. The second-order valence-corrected chi connectivity index (χ2v) is 7.75. The van der Waals surface area contributed by atoms with Crippen molar-refractivity contribution in [3.63, 3.8) is 0 Å². The van der Waals surface area contributed by atoms with E-state index in [1.165, 1.54) is 17.4 Å². The normalized spacial score (nSPS) is 11.7. The molecule has 0 spiro atoms. The summed E-state index contributed by atoms with van der Waals surface area (Å²) in [6.07, 6.45) is 0. The smallest absolute Gasteiger partial charge is 0.240 e. The van der Waals surface area contributed by atoms with Gasteiger partial charge in [-0.2, -0.15) is 0 Å². The maximum absolute atomic E-state index is 12.1. The van der Waals surface area contributed by atoms with Gasteiger partial charge in [-0.05, 0) is 52.7 Å². The highest BCUT2D eigenvalue weighted by molar-refractivity contribution is 9.10. The number of anilines is 1. The third kappa shape index (κ3) is 3.56. The van der Waals surface area contributed by atoms with Crippen LogP contribution in [0.2, 0.25) is 0 Å². The Morgan fingerprint density at radius 3 is 2.68 bits per heavy atom. The third-order valence-electron chi connectivity index (χ3n) is 2.61. The molecule has 4 nitrogen and oxygen atoms in total. The Morgan fingerprint density at radius 2 is 2.11 bits per heavy atom. The lowest BCUT2D eigenvalue weighted by Crippen LogP contribution is -2.22. The molecule has 3 N–H and O–H groups in total. The summed E-state index contributed by atoms with van der Waals surface area (Å²) in [6, 6.07) is 6.57. The van der Waals surface area contributed by atoms with Crippen molar-refractivity contribution in [1.29, 1.82) is 0 Å². The van der Waals surface area contributed by atoms with E-state index in [-0.39, 0.29) is 11.4 Å². The molecular formula is C12H13BrN2O2S2. The van der Waals surface area contributed by atoms with E-state index in [1.54, 1.807) is 19.1 Å². The average molecular weight is 361 g/mol. The van der Waals surface area contributed by atoms with Crippen LogP contribution in [0.3, 0.4) is 0 Å². The molecule has 0 fully saturated rings. The minimum absolute atomic E-state index is 0.231. The molecule has 0 aliphatic rings. The van der Waals surface area contributed by atoms with Crippen molar-refractivity contribution >= 4 is 43.0 Å². The van der Waals surface area contributed by atoms with Crippen LogP contribution in [0.1, 0.15) is 10.4 Å². The summed E-state index contributed by atoms with van der Waals surface area (Å²) in [7, 11) is -3.50. The van der Waals surface area contributed by atoms with E-state index in [0.29, 0.717) is 5.69 Å². The van der Waals surface area contributed by atoms with E-state index in [9.17, 15) is 8.42 Å². The number of aryl methyl sites for hydroxylation is 1. The van der Waals surface area contributed by atoms with E-state index >= 15 is 0 Å². The van der Waals surface area contributed by atoms with E-state index in [2.05, 4.69) is 20.7 Å². The van der Waals surface area contributed by atoms with Gasteiger partial charge in [-0.3, -0.25) is 0 Å². The predicted octanol–water partition coefficient (Wildman–Crippen LogP) is 2.88. The molecule has 0 atom stereocenters. The zero-order valence-corrected chi connectivity index (χ0v) is 13.4. The summed E-state index contributed by atoms with van der Waals surface area (Å²) in [6.45, 7) is 2.06. The van der Waals surface area contributed by atoms with Crippen molar-refractivity contribution in [3.05, 3.63) is 44.6 Å². The Balaban J connectivity index is 2.16. The van der Waals surface area contributed by atoms with Crippen LogP contribution in [0.25, 0.3) is 0 Å². The van der Waals surface area contributed by atoms with E-state index in [4.69, 9.17) is 5.73 Å². The summed E-state index contributed by atoms with van der Waals surface area (Å²) in [4.78, 5) is 1.18. The van der Waals surface area contributed by atoms with Crippen molar-refractivity contribution in [2.24, 2.45) is 0 Å². The number of nitrogens with one attached hydrogen (secondary N) is 1. The lowest BCUT2D eigenvalue weighted by atomic mass is 10.2. The first-order valence-corrected chi connectivity index (χ1v) is 8.63. The number of hydrogen-bond acceptors (Lipinski definition) is 4. The molecule has 2 rings (SSSR count). The minimum atomic E-state index is -3.50. The summed E-state index contributed by atoms with van der Waals surface area (Å²) < 4.78 is 27.8. The van der Waals surface area contributed by atoms with Gasteiger partial charge < -0.3 is 5.73 Å². The molecule has 19 heavy (non-hydrogen) atoms. The quantitative estimate of drug-likeness (QED) is 0.823. The summed E-state index contributed by atoms with van der Waals surface area (Å²) in [5.41, 5.74) is 7.02. The first-order valence-electron chi connectivity index (χ1n) is 5.47. The van der Waals surface area contributed by atoms with Crippen LogP contribution in [-0.4, -0.2) is 8.42 Å². The van der Waals surface area contributed by atoms with E-state index in [0.717, 1.165) is 14.9 Å². The third-order valence-corrected chi connectivity index (χ3v) is 5.71. The fraction of sp³-hybridized carbons (Fsp3) is 0.167. The van der Waals surface area contributed by atoms with Gasteiger partial charge >= 0.3 is 0 Å². The maximum atomic E-state index is 12.1. The minimum Gasteiger partial charge on any atom is -0.399 e.